The molecular formula is C18H15Cl3OSi2. The molecule has 0 spiro atoms. The Morgan fingerprint density at radius 1 is 0.500 bits per heavy atom. The maximum Gasteiger partial charge on any atom is 0.414 e. The fourth-order valence-electron chi connectivity index (χ4n) is 2.46. The van der Waals surface area contributed by atoms with Crippen molar-refractivity contribution in [3.8, 4) is 0 Å². The van der Waals surface area contributed by atoms with Crippen LogP contribution in [0, 0.1) is 0 Å². The molecule has 122 valence electrons. The lowest BCUT2D eigenvalue weighted by atomic mass is 10.4. The van der Waals surface area contributed by atoms with Crippen molar-refractivity contribution in [3.63, 3.8) is 0 Å². The number of hydrogen-bond acceptors (Lipinski definition) is 1. The molecule has 0 aliphatic heterocycles. The molecule has 0 N–H and O–H groups in total. The lowest BCUT2D eigenvalue weighted by Crippen LogP contribution is -2.62. The smallest absolute Gasteiger partial charge is 0.412 e. The molecule has 6 heteroatoms. The van der Waals surface area contributed by atoms with Crippen molar-refractivity contribution in [1.29, 1.82) is 0 Å². The minimum atomic E-state index is -3.21. The highest BCUT2D eigenvalue weighted by Gasteiger charge is 2.47. The number of halogens is 3. The summed E-state index contributed by atoms with van der Waals surface area (Å²) in [5.74, 6) is 0. The maximum atomic E-state index is 7.11. The molecule has 0 atom stereocenters. The summed E-state index contributed by atoms with van der Waals surface area (Å²) in [5, 5.41) is 2.64. The summed E-state index contributed by atoms with van der Waals surface area (Å²) < 4.78 is 6.36. The highest BCUT2D eigenvalue weighted by Crippen LogP contribution is 2.25. The monoisotopic (exact) mass is 408 g/mol. The maximum absolute atomic E-state index is 7.11. The molecule has 0 saturated carbocycles. The minimum Gasteiger partial charge on any atom is -0.412 e. The zero-order chi connectivity index (χ0) is 17.0. The molecule has 0 radical (unpaired) electrons. The number of benzene rings is 3. The van der Waals surface area contributed by atoms with Gasteiger partial charge in [-0.25, -0.2) is 0 Å². The van der Waals surface area contributed by atoms with Gasteiger partial charge in [0, 0.05) is 0 Å². The Hall–Kier alpha value is -1.08. The van der Waals surface area contributed by atoms with Crippen LogP contribution in [0.5, 0.6) is 0 Å². The predicted molar refractivity (Wildman–Crippen MR) is 108 cm³/mol. The van der Waals surface area contributed by atoms with Crippen molar-refractivity contribution in [2.45, 2.75) is 0 Å². The van der Waals surface area contributed by atoms with Gasteiger partial charge in [0.2, 0.25) is 0 Å². The van der Waals surface area contributed by atoms with Gasteiger partial charge >= 0.3 is 14.6 Å². The molecule has 0 aromatic heterocycles. The second kappa shape index (κ2) is 7.44. The molecule has 3 aromatic rings. The third kappa shape index (κ3) is 3.77. The first-order valence-corrected chi connectivity index (χ1v) is 14.3. The van der Waals surface area contributed by atoms with Crippen LogP contribution in [0.2, 0.25) is 0 Å². The van der Waals surface area contributed by atoms with Crippen molar-refractivity contribution in [2.75, 3.05) is 0 Å². The Balaban J connectivity index is 2.06. The van der Waals surface area contributed by atoms with E-state index in [1.165, 1.54) is 0 Å². The number of rotatable bonds is 5. The van der Waals surface area contributed by atoms with Crippen molar-refractivity contribution in [1.82, 2.24) is 0 Å². The lowest BCUT2D eigenvalue weighted by Gasteiger charge is -2.31. The largest absolute Gasteiger partial charge is 0.414 e. The van der Waals surface area contributed by atoms with Crippen molar-refractivity contribution in [2.24, 2.45) is 0 Å². The van der Waals surface area contributed by atoms with Gasteiger partial charge in [-0.1, -0.05) is 91.0 Å². The van der Waals surface area contributed by atoms with Crippen molar-refractivity contribution < 1.29 is 4.12 Å². The summed E-state index contributed by atoms with van der Waals surface area (Å²) >= 11 is 20.5. The van der Waals surface area contributed by atoms with E-state index < -0.39 is 14.6 Å². The Labute approximate surface area is 158 Å². The first kappa shape index (κ1) is 17.7. The normalized spacial score (nSPS) is 12.1. The summed E-state index contributed by atoms with van der Waals surface area (Å²) in [4.78, 5) is 0. The summed E-state index contributed by atoms with van der Waals surface area (Å²) in [6.45, 7) is -3.21. The Kier molecular flexibility index (Phi) is 5.50. The summed E-state index contributed by atoms with van der Waals surface area (Å²) in [5.41, 5.74) is 0. The van der Waals surface area contributed by atoms with Crippen LogP contribution in [0.15, 0.2) is 91.0 Å². The molecule has 3 rings (SSSR count). The molecule has 3 aromatic carbocycles. The van der Waals surface area contributed by atoms with Gasteiger partial charge in [-0.3, -0.25) is 0 Å². The predicted octanol–water partition coefficient (Wildman–Crippen LogP) is 3.82. The molecule has 0 heterocycles. The average molecular weight is 410 g/mol. The Bertz CT molecular complexity index is 744. The van der Waals surface area contributed by atoms with Gasteiger partial charge in [0.1, 0.15) is 0 Å². The highest BCUT2D eigenvalue weighted by atomic mass is 35.7. The quantitative estimate of drug-likeness (QED) is 0.460. The molecule has 0 fully saturated rings. The third-order valence-corrected chi connectivity index (χ3v) is 13.7. The first-order valence-electron chi connectivity index (χ1n) is 7.46. The molecule has 0 saturated heterocycles. The van der Waals surface area contributed by atoms with Crippen LogP contribution in [0.3, 0.4) is 0 Å². The first-order chi connectivity index (χ1) is 11.5. The van der Waals surface area contributed by atoms with E-state index in [9.17, 15) is 0 Å². The zero-order valence-corrected chi connectivity index (χ0v) is 17.0. The zero-order valence-electron chi connectivity index (χ0n) is 12.7. The van der Waals surface area contributed by atoms with E-state index in [0.29, 0.717) is 0 Å². The topological polar surface area (TPSA) is 9.23 Å². The van der Waals surface area contributed by atoms with E-state index in [1.54, 1.807) is 0 Å². The van der Waals surface area contributed by atoms with Gasteiger partial charge in [-0.15, -0.1) is 33.2 Å². The van der Waals surface area contributed by atoms with E-state index in [4.69, 9.17) is 37.4 Å². The second-order valence-corrected chi connectivity index (χ2v) is 15.5. The van der Waals surface area contributed by atoms with Gasteiger partial charge in [-0.05, 0) is 15.6 Å². The minimum absolute atomic E-state index is 0.790. The second-order valence-electron chi connectivity index (χ2n) is 5.31. The third-order valence-electron chi connectivity index (χ3n) is 3.67. The molecule has 0 bridgehead atoms. The average Bonchev–Trinajstić information content (AvgIpc) is 2.63. The van der Waals surface area contributed by atoms with Gasteiger partial charge < -0.3 is 4.12 Å². The van der Waals surface area contributed by atoms with Crippen LogP contribution in [-0.2, 0) is 4.12 Å². The van der Waals surface area contributed by atoms with Crippen LogP contribution >= 0.6 is 33.2 Å². The highest BCUT2D eigenvalue weighted by molar-refractivity contribution is 7.51. The Morgan fingerprint density at radius 3 is 1.21 bits per heavy atom. The Morgan fingerprint density at radius 2 is 0.833 bits per heavy atom. The van der Waals surface area contributed by atoms with Crippen LogP contribution in [0.4, 0.5) is 0 Å². The fraction of sp³-hybridized carbons (Fsp3) is 0. The van der Waals surface area contributed by atoms with Crippen LogP contribution in [0.1, 0.15) is 0 Å². The van der Waals surface area contributed by atoms with E-state index in [1.807, 2.05) is 91.0 Å². The van der Waals surface area contributed by atoms with Crippen LogP contribution in [0.25, 0.3) is 0 Å². The van der Waals surface area contributed by atoms with Crippen molar-refractivity contribution in [3.05, 3.63) is 91.0 Å². The summed E-state index contributed by atoms with van der Waals surface area (Å²) in [6, 6.07) is 29.0. The van der Waals surface area contributed by atoms with E-state index in [-0.39, 0.29) is 0 Å². The molecule has 24 heavy (non-hydrogen) atoms. The number of hydrogen-bond donors (Lipinski definition) is 0. The van der Waals surface area contributed by atoms with E-state index in [2.05, 4.69) is 0 Å². The standard InChI is InChI=1S/C18H15Cl3OSi2/c19-23(16-10-4-1-5-11-16,17-12-6-2-7-13-17)22-24(20,21)18-14-8-3-9-15-18/h1-15H. The summed E-state index contributed by atoms with van der Waals surface area (Å²) in [6.07, 6.45) is 0. The van der Waals surface area contributed by atoms with E-state index >= 15 is 0 Å². The van der Waals surface area contributed by atoms with Gasteiger partial charge in [0.25, 0.3) is 0 Å². The van der Waals surface area contributed by atoms with Crippen LogP contribution in [-0.4, -0.2) is 14.6 Å². The van der Waals surface area contributed by atoms with Crippen LogP contribution < -0.4 is 15.6 Å². The van der Waals surface area contributed by atoms with E-state index in [0.717, 1.165) is 15.6 Å². The SMILES string of the molecule is Cl[Si](Cl)(O[Si](Cl)(c1ccccc1)c1ccccc1)c1ccccc1. The molecular weight excluding hydrogens is 395 g/mol. The molecule has 0 aliphatic carbocycles. The summed E-state index contributed by atoms with van der Waals surface area (Å²) in [7, 11) is -3.05. The fourth-order valence-corrected chi connectivity index (χ4v) is 12.8. The van der Waals surface area contributed by atoms with Gasteiger partial charge in [0.05, 0.1) is 0 Å². The lowest BCUT2D eigenvalue weighted by molar-refractivity contribution is 0.623. The molecule has 0 aliphatic rings. The molecule has 0 unspecified atom stereocenters. The van der Waals surface area contributed by atoms with Gasteiger partial charge in [-0.2, -0.15) is 0 Å². The molecule has 1 nitrogen and oxygen atoms in total. The van der Waals surface area contributed by atoms with Crippen molar-refractivity contribution >= 4 is 63.4 Å². The molecule has 0 amide bonds. The van der Waals surface area contributed by atoms with Gasteiger partial charge in [0.15, 0.2) is 0 Å².